The van der Waals surface area contributed by atoms with E-state index in [-0.39, 0.29) is 30.0 Å². The number of aliphatic hydroxyl groups is 1. The largest absolute Gasteiger partial charge is 0.469 e. The highest BCUT2D eigenvalue weighted by molar-refractivity contribution is 7.09. The molecule has 2 rings (SSSR count). The fourth-order valence-electron chi connectivity index (χ4n) is 4.99. The molecule has 1 N–H and O–H groups in total. The number of rotatable bonds is 16. The van der Waals surface area contributed by atoms with Gasteiger partial charge in [0.15, 0.2) is 5.79 Å². The Kier molecular flexibility index (Phi) is 13.3. The Hall–Kier alpha value is -0.560. The first kappa shape index (κ1) is 27.7. The topological polar surface area (TPSA) is 83.5 Å². The number of unbranched alkanes of at least 4 members (excludes halogenated alkanes) is 3. The molecule has 2 fully saturated rings. The fraction of sp³-hybridized carbons (Fsp3) is 0.875. The first-order valence-corrected chi connectivity index (χ1v) is 12.5. The van der Waals surface area contributed by atoms with Gasteiger partial charge >= 0.3 is 5.97 Å². The van der Waals surface area contributed by atoms with Crippen LogP contribution in [-0.2, 0) is 28.3 Å². The molecule has 4 unspecified atom stereocenters. The number of hydrogen-bond donors (Lipinski definition) is 1. The monoisotopic (exact) mass is 474 g/mol. The second-order valence-electron chi connectivity index (χ2n) is 8.93. The molecular formula is C24H43O7P. The minimum absolute atomic E-state index is 0.0212. The molecule has 1 heterocycles. The van der Waals surface area contributed by atoms with E-state index in [1.807, 2.05) is 0 Å². The minimum atomic E-state index is -0.500. The molecule has 32 heavy (non-hydrogen) atoms. The molecule has 5 atom stereocenters. The third-order valence-electron chi connectivity index (χ3n) is 6.80. The van der Waals surface area contributed by atoms with Crippen molar-refractivity contribution in [1.82, 2.24) is 0 Å². The molecule has 0 aromatic rings. The fourth-order valence-corrected chi connectivity index (χ4v) is 5.30. The van der Waals surface area contributed by atoms with E-state index >= 15 is 0 Å². The summed E-state index contributed by atoms with van der Waals surface area (Å²) in [5, 5.41) is 10.7. The zero-order valence-corrected chi connectivity index (χ0v) is 21.0. The zero-order valence-electron chi connectivity index (χ0n) is 19.8. The van der Waals surface area contributed by atoms with Crippen molar-refractivity contribution in [3.63, 3.8) is 0 Å². The highest BCUT2D eigenvalue weighted by atomic mass is 31.0. The van der Waals surface area contributed by atoms with E-state index in [0.29, 0.717) is 26.1 Å². The molecule has 0 aromatic heterocycles. The molecule has 8 heteroatoms. The van der Waals surface area contributed by atoms with Crippen LogP contribution in [0, 0.1) is 11.8 Å². The maximum absolute atomic E-state index is 11.2. The van der Waals surface area contributed by atoms with Crippen LogP contribution in [0.2, 0.25) is 0 Å². The SMILES string of the molecule is COCCCCCC1(CC[C@H]2C(OP)CC(O)C2CC=CCCCC(=O)OC)OCCO1. The molecule has 2 aliphatic rings. The summed E-state index contributed by atoms with van der Waals surface area (Å²) in [6, 6.07) is 0. The number of esters is 1. The van der Waals surface area contributed by atoms with Gasteiger partial charge in [-0.25, -0.2) is 0 Å². The lowest BCUT2D eigenvalue weighted by Gasteiger charge is -2.31. The Morgan fingerprint density at radius 3 is 2.56 bits per heavy atom. The number of hydrogen-bond acceptors (Lipinski definition) is 7. The standard InChI is InChI=1S/C24H43O7P/c1-27-15-9-5-8-13-24(29-16-17-30-24)14-12-20-19(21(25)18-22(20)31-32)10-6-3-4-7-11-23(26)28-2/h3,6,19-22,25H,4-5,7-18,32H2,1-2H3/t19?,20-,21?,22?/m1/s1. The zero-order chi connectivity index (χ0) is 23.2. The van der Waals surface area contributed by atoms with Crippen LogP contribution in [0.3, 0.4) is 0 Å². The van der Waals surface area contributed by atoms with Crippen LogP contribution in [0.25, 0.3) is 0 Å². The van der Waals surface area contributed by atoms with Gasteiger partial charge in [0.25, 0.3) is 0 Å². The van der Waals surface area contributed by atoms with Crippen molar-refractivity contribution in [1.29, 1.82) is 0 Å². The van der Waals surface area contributed by atoms with Crippen LogP contribution in [0.5, 0.6) is 0 Å². The van der Waals surface area contributed by atoms with Gasteiger partial charge in [-0.05, 0) is 50.4 Å². The summed E-state index contributed by atoms with van der Waals surface area (Å²) in [6.07, 6.45) is 13.2. The maximum Gasteiger partial charge on any atom is 0.305 e. The lowest BCUT2D eigenvalue weighted by atomic mass is 9.85. The van der Waals surface area contributed by atoms with Crippen LogP contribution >= 0.6 is 9.47 Å². The molecule has 0 amide bonds. The number of carbonyl (C=O) groups is 1. The summed E-state index contributed by atoms with van der Waals surface area (Å²) in [5.74, 6) is -0.271. The first-order valence-electron chi connectivity index (χ1n) is 12.1. The maximum atomic E-state index is 11.2. The quantitative estimate of drug-likeness (QED) is 0.156. The lowest BCUT2D eigenvalue weighted by Crippen LogP contribution is -2.33. The van der Waals surface area contributed by atoms with Crippen molar-refractivity contribution in [2.24, 2.45) is 11.8 Å². The molecule has 0 spiro atoms. The van der Waals surface area contributed by atoms with Gasteiger partial charge in [-0.2, -0.15) is 0 Å². The molecule has 0 aromatic carbocycles. The molecule has 0 bridgehead atoms. The first-order chi connectivity index (χ1) is 15.5. The lowest BCUT2D eigenvalue weighted by molar-refractivity contribution is -0.171. The molecule has 1 aliphatic carbocycles. The normalized spacial score (nSPS) is 27.4. The summed E-state index contributed by atoms with van der Waals surface area (Å²) >= 11 is 0. The Morgan fingerprint density at radius 1 is 1.09 bits per heavy atom. The summed E-state index contributed by atoms with van der Waals surface area (Å²) in [4.78, 5) is 11.2. The summed E-state index contributed by atoms with van der Waals surface area (Å²) in [6.45, 7) is 2.08. The van der Waals surface area contributed by atoms with Crippen molar-refractivity contribution < 1.29 is 33.4 Å². The van der Waals surface area contributed by atoms with E-state index < -0.39 is 5.79 Å². The van der Waals surface area contributed by atoms with Gasteiger partial charge in [0.1, 0.15) is 0 Å². The number of ether oxygens (including phenoxy) is 4. The Morgan fingerprint density at radius 2 is 1.88 bits per heavy atom. The van der Waals surface area contributed by atoms with E-state index in [2.05, 4.69) is 26.4 Å². The van der Waals surface area contributed by atoms with Gasteiger partial charge in [0.05, 0.1) is 32.5 Å². The van der Waals surface area contributed by atoms with E-state index in [1.165, 1.54) is 7.11 Å². The molecule has 0 radical (unpaired) electrons. The number of allylic oxidation sites excluding steroid dienone is 2. The Labute approximate surface area is 195 Å². The second-order valence-corrected chi connectivity index (χ2v) is 9.20. The van der Waals surface area contributed by atoms with Gasteiger partial charge in [0.2, 0.25) is 0 Å². The smallest absolute Gasteiger partial charge is 0.305 e. The van der Waals surface area contributed by atoms with E-state index in [4.69, 9.17) is 18.7 Å². The van der Waals surface area contributed by atoms with Crippen molar-refractivity contribution in [3.8, 4) is 0 Å². The van der Waals surface area contributed by atoms with Crippen LogP contribution in [0.15, 0.2) is 12.2 Å². The van der Waals surface area contributed by atoms with Gasteiger partial charge in [-0.3, -0.25) is 4.79 Å². The highest BCUT2D eigenvalue weighted by Crippen LogP contribution is 2.43. The average Bonchev–Trinajstić information content (AvgIpc) is 3.38. The third kappa shape index (κ3) is 9.00. The van der Waals surface area contributed by atoms with Gasteiger partial charge < -0.3 is 28.6 Å². The van der Waals surface area contributed by atoms with Crippen molar-refractivity contribution in [2.45, 2.75) is 88.6 Å². The van der Waals surface area contributed by atoms with Crippen molar-refractivity contribution >= 4 is 15.4 Å². The number of carbonyl (C=O) groups excluding carboxylic acids is 1. The van der Waals surface area contributed by atoms with E-state index in [9.17, 15) is 9.90 Å². The van der Waals surface area contributed by atoms with Crippen molar-refractivity contribution in [2.75, 3.05) is 34.0 Å². The van der Waals surface area contributed by atoms with Gasteiger partial charge in [-0.1, -0.05) is 18.6 Å². The molecular weight excluding hydrogens is 431 g/mol. The average molecular weight is 475 g/mol. The van der Waals surface area contributed by atoms with Crippen LogP contribution < -0.4 is 0 Å². The highest BCUT2D eigenvalue weighted by Gasteiger charge is 2.44. The molecule has 1 aliphatic heterocycles. The van der Waals surface area contributed by atoms with Crippen molar-refractivity contribution in [3.05, 3.63) is 12.2 Å². The summed E-state index contributed by atoms with van der Waals surface area (Å²) in [7, 11) is 5.53. The minimum Gasteiger partial charge on any atom is -0.469 e. The van der Waals surface area contributed by atoms with E-state index in [0.717, 1.165) is 64.4 Å². The van der Waals surface area contributed by atoms with Crippen LogP contribution in [0.1, 0.15) is 70.6 Å². The molecule has 1 saturated heterocycles. The van der Waals surface area contributed by atoms with Gasteiger partial charge in [0, 0.05) is 48.9 Å². The third-order valence-corrected chi connectivity index (χ3v) is 7.15. The summed E-state index contributed by atoms with van der Waals surface area (Å²) in [5.41, 5.74) is 0. The second kappa shape index (κ2) is 15.4. The Bertz CT molecular complexity index is 550. The number of aliphatic hydroxyl groups excluding tert-OH is 1. The molecule has 1 saturated carbocycles. The van der Waals surface area contributed by atoms with Crippen LogP contribution in [0.4, 0.5) is 0 Å². The van der Waals surface area contributed by atoms with Gasteiger partial charge in [-0.15, -0.1) is 0 Å². The number of methoxy groups -OCH3 is 2. The van der Waals surface area contributed by atoms with Crippen LogP contribution in [-0.4, -0.2) is 63.1 Å². The summed E-state index contributed by atoms with van der Waals surface area (Å²) < 4.78 is 27.6. The molecule has 186 valence electrons. The predicted molar refractivity (Wildman–Crippen MR) is 126 cm³/mol. The van der Waals surface area contributed by atoms with E-state index in [1.54, 1.807) is 7.11 Å². The predicted octanol–water partition coefficient (Wildman–Crippen LogP) is 4.18. The molecule has 7 nitrogen and oxygen atoms in total. The Balaban J connectivity index is 1.85.